The van der Waals surface area contributed by atoms with Gasteiger partial charge in [0.25, 0.3) is 0 Å². The van der Waals surface area contributed by atoms with Crippen molar-refractivity contribution in [2.24, 2.45) is 5.73 Å². The Hall–Kier alpha value is -0.540. The van der Waals surface area contributed by atoms with E-state index < -0.39 is 0 Å². The highest BCUT2D eigenvalue weighted by molar-refractivity contribution is 9.10. The minimum Gasteiger partial charge on any atom is -0.324 e. The van der Waals surface area contributed by atoms with E-state index in [1.54, 1.807) is 0 Å². The van der Waals surface area contributed by atoms with E-state index in [1.165, 1.54) is 0 Å². The summed E-state index contributed by atoms with van der Waals surface area (Å²) in [4.78, 5) is 0. The van der Waals surface area contributed by atoms with Crippen molar-refractivity contribution in [3.05, 3.63) is 67.6 Å². The van der Waals surface area contributed by atoms with E-state index in [9.17, 15) is 0 Å². The lowest BCUT2D eigenvalue weighted by Gasteiger charge is -2.14. The summed E-state index contributed by atoms with van der Waals surface area (Å²) in [6.45, 7) is 2.02. The second-order valence-electron chi connectivity index (χ2n) is 4.61. The molecule has 0 fully saturated rings. The van der Waals surface area contributed by atoms with Crippen LogP contribution in [0.2, 0.25) is 10.0 Å². The van der Waals surface area contributed by atoms with Gasteiger partial charge in [-0.15, -0.1) is 0 Å². The second kappa shape index (κ2) is 6.27. The van der Waals surface area contributed by atoms with Crippen LogP contribution in [0.5, 0.6) is 0 Å². The summed E-state index contributed by atoms with van der Waals surface area (Å²) in [5.74, 6) is 0. The van der Waals surface area contributed by atoms with E-state index in [0.717, 1.165) is 26.2 Å². The third kappa shape index (κ3) is 3.96. The molecule has 0 aromatic heterocycles. The zero-order valence-electron chi connectivity index (χ0n) is 10.5. The Morgan fingerprint density at radius 1 is 1.16 bits per heavy atom. The Bertz CT molecular complexity index is 578. The summed E-state index contributed by atoms with van der Waals surface area (Å²) in [7, 11) is 0. The minimum absolute atomic E-state index is 0.129. The highest BCUT2D eigenvalue weighted by Gasteiger charge is 2.11. The van der Waals surface area contributed by atoms with E-state index in [-0.39, 0.29) is 6.04 Å². The smallest absolute Gasteiger partial charge is 0.0441 e. The van der Waals surface area contributed by atoms with Crippen LogP contribution in [-0.4, -0.2) is 0 Å². The van der Waals surface area contributed by atoms with Crippen LogP contribution >= 0.6 is 39.1 Å². The Labute approximate surface area is 131 Å². The number of hydrogen-bond acceptors (Lipinski definition) is 1. The molecule has 1 nitrogen and oxygen atoms in total. The van der Waals surface area contributed by atoms with Crippen LogP contribution < -0.4 is 5.73 Å². The van der Waals surface area contributed by atoms with Crippen LogP contribution in [0, 0.1) is 6.92 Å². The molecule has 0 aliphatic rings. The normalized spacial score (nSPS) is 12.5. The van der Waals surface area contributed by atoms with E-state index in [4.69, 9.17) is 28.9 Å². The van der Waals surface area contributed by atoms with Crippen molar-refractivity contribution in [2.75, 3.05) is 0 Å². The van der Waals surface area contributed by atoms with Crippen LogP contribution in [0.15, 0.2) is 40.9 Å². The fraction of sp³-hybridized carbons (Fsp3) is 0.200. The maximum absolute atomic E-state index is 6.23. The molecule has 100 valence electrons. The molecular formula is C15H14BrCl2N. The van der Waals surface area contributed by atoms with Gasteiger partial charge in [0.05, 0.1) is 0 Å². The van der Waals surface area contributed by atoms with E-state index in [2.05, 4.69) is 15.9 Å². The zero-order chi connectivity index (χ0) is 14.0. The molecule has 0 radical (unpaired) electrons. The Balaban J connectivity index is 2.22. The highest BCUT2D eigenvalue weighted by atomic mass is 79.9. The van der Waals surface area contributed by atoms with Gasteiger partial charge in [0, 0.05) is 20.6 Å². The standard InChI is InChI=1S/C15H14BrCl2N/c1-9-2-3-10(14(18)4-9)7-15(19)11-5-12(16)8-13(17)6-11/h2-6,8,15H,7,19H2,1H3. The predicted octanol–water partition coefficient (Wildman–Crippen LogP) is 5.31. The van der Waals surface area contributed by atoms with E-state index in [1.807, 2.05) is 43.3 Å². The van der Waals surface area contributed by atoms with Gasteiger partial charge >= 0.3 is 0 Å². The molecule has 0 spiro atoms. The molecule has 0 heterocycles. The topological polar surface area (TPSA) is 26.0 Å². The third-order valence-corrected chi connectivity index (χ3v) is 3.99. The Morgan fingerprint density at radius 2 is 1.89 bits per heavy atom. The quantitative estimate of drug-likeness (QED) is 0.790. The average Bonchev–Trinajstić information content (AvgIpc) is 2.31. The predicted molar refractivity (Wildman–Crippen MR) is 86.0 cm³/mol. The number of rotatable bonds is 3. The molecule has 2 N–H and O–H groups in total. The molecule has 1 atom stereocenters. The Kier molecular flexibility index (Phi) is 4.91. The number of benzene rings is 2. The summed E-state index contributed by atoms with van der Waals surface area (Å²) in [6.07, 6.45) is 0.686. The molecule has 0 amide bonds. The average molecular weight is 359 g/mol. The minimum atomic E-state index is -0.129. The summed E-state index contributed by atoms with van der Waals surface area (Å²) >= 11 is 15.7. The zero-order valence-corrected chi connectivity index (χ0v) is 13.6. The largest absolute Gasteiger partial charge is 0.324 e. The molecular weight excluding hydrogens is 345 g/mol. The van der Waals surface area contributed by atoms with Crippen LogP contribution in [0.25, 0.3) is 0 Å². The first kappa shape index (κ1) is 14.9. The van der Waals surface area contributed by atoms with Crippen LogP contribution in [0.1, 0.15) is 22.7 Å². The molecule has 2 aromatic carbocycles. The maximum atomic E-state index is 6.23. The lowest BCUT2D eigenvalue weighted by molar-refractivity contribution is 0.721. The molecule has 19 heavy (non-hydrogen) atoms. The molecule has 0 bridgehead atoms. The van der Waals surface area contributed by atoms with Crippen molar-refractivity contribution in [3.63, 3.8) is 0 Å². The third-order valence-electron chi connectivity index (χ3n) is 2.96. The number of aryl methyl sites for hydroxylation is 1. The number of hydrogen-bond donors (Lipinski definition) is 1. The van der Waals surface area contributed by atoms with Crippen molar-refractivity contribution in [2.45, 2.75) is 19.4 Å². The monoisotopic (exact) mass is 357 g/mol. The lowest BCUT2D eigenvalue weighted by atomic mass is 9.99. The van der Waals surface area contributed by atoms with Gasteiger partial charge in [-0.3, -0.25) is 0 Å². The highest BCUT2D eigenvalue weighted by Crippen LogP contribution is 2.27. The van der Waals surface area contributed by atoms with Gasteiger partial charge in [-0.25, -0.2) is 0 Å². The SMILES string of the molecule is Cc1ccc(CC(N)c2cc(Cl)cc(Br)c2)c(Cl)c1. The molecule has 2 aromatic rings. The molecule has 0 aliphatic carbocycles. The molecule has 0 saturated heterocycles. The number of nitrogens with two attached hydrogens (primary N) is 1. The van der Waals surface area contributed by atoms with Gasteiger partial charge in [0.1, 0.15) is 0 Å². The van der Waals surface area contributed by atoms with Crippen LogP contribution in [-0.2, 0) is 6.42 Å². The van der Waals surface area contributed by atoms with E-state index >= 15 is 0 Å². The lowest BCUT2D eigenvalue weighted by Crippen LogP contribution is -2.13. The molecule has 0 aliphatic heterocycles. The van der Waals surface area contributed by atoms with Crippen molar-refractivity contribution >= 4 is 39.1 Å². The van der Waals surface area contributed by atoms with Crippen molar-refractivity contribution in [1.29, 1.82) is 0 Å². The second-order valence-corrected chi connectivity index (χ2v) is 6.37. The number of halogens is 3. The molecule has 2 rings (SSSR count). The maximum Gasteiger partial charge on any atom is 0.0441 e. The summed E-state index contributed by atoms with van der Waals surface area (Å²) < 4.78 is 0.931. The van der Waals surface area contributed by atoms with Crippen molar-refractivity contribution in [3.8, 4) is 0 Å². The van der Waals surface area contributed by atoms with Gasteiger partial charge in [0.15, 0.2) is 0 Å². The van der Waals surface area contributed by atoms with Crippen molar-refractivity contribution in [1.82, 2.24) is 0 Å². The van der Waals surface area contributed by atoms with Gasteiger partial charge in [-0.2, -0.15) is 0 Å². The van der Waals surface area contributed by atoms with Crippen LogP contribution in [0.3, 0.4) is 0 Å². The fourth-order valence-corrected chi connectivity index (χ4v) is 3.16. The van der Waals surface area contributed by atoms with Gasteiger partial charge in [0.2, 0.25) is 0 Å². The summed E-state index contributed by atoms with van der Waals surface area (Å²) in [6, 6.07) is 11.6. The Morgan fingerprint density at radius 3 is 2.53 bits per heavy atom. The fourth-order valence-electron chi connectivity index (χ4n) is 1.96. The molecule has 0 saturated carbocycles. The summed E-state index contributed by atoms with van der Waals surface area (Å²) in [5, 5.41) is 1.44. The first-order chi connectivity index (χ1) is 8.95. The molecule has 1 unspecified atom stereocenters. The summed E-state index contributed by atoms with van der Waals surface area (Å²) in [5.41, 5.74) is 9.43. The first-order valence-electron chi connectivity index (χ1n) is 5.92. The van der Waals surface area contributed by atoms with Gasteiger partial charge < -0.3 is 5.73 Å². The first-order valence-corrected chi connectivity index (χ1v) is 7.47. The van der Waals surface area contributed by atoms with Crippen molar-refractivity contribution < 1.29 is 0 Å². The molecule has 4 heteroatoms. The van der Waals surface area contributed by atoms with E-state index in [0.29, 0.717) is 11.4 Å². The van der Waals surface area contributed by atoms with Crippen LogP contribution in [0.4, 0.5) is 0 Å². The van der Waals surface area contributed by atoms with Gasteiger partial charge in [-0.1, -0.05) is 51.3 Å². The van der Waals surface area contributed by atoms with Gasteiger partial charge in [-0.05, 0) is 54.3 Å².